The number of nitrogens with zero attached hydrogens (tertiary/aromatic N) is 1. The van der Waals surface area contributed by atoms with Gasteiger partial charge in [-0.25, -0.2) is 9.78 Å². The highest BCUT2D eigenvalue weighted by Crippen LogP contribution is 2.39. The third kappa shape index (κ3) is 2.63. The molecule has 5 nitrogen and oxygen atoms in total. The van der Waals surface area contributed by atoms with Gasteiger partial charge in [0.05, 0.1) is 30.5 Å². The van der Waals surface area contributed by atoms with Gasteiger partial charge in [-0.3, -0.25) is 0 Å². The first-order valence-corrected chi connectivity index (χ1v) is 7.13. The SMILES string of the molecule is COC(=O)c1ccc(NC2CCOC2C2CC2)nc1C. The number of carbonyl (C=O) groups excluding carboxylic acids is 1. The lowest BCUT2D eigenvalue weighted by Gasteiger charge is -2.20. The molecular formula is C15H20N2O3. The van der Waals surface area contributed by atoms with Crippen molar-refractivity contribution in [1.29, 1.82) is 0 Å². The molecule has 1 aliphatic carbocycles. The van der Waals surface area contributed by atoms with Gasteiger partial charge in [-0.05, 0) is 44.2 Å². The Balaban J connectivity index is 1.71. The molecule has 108 valence electrons. The highest BCUT2D eigenvalue weighted by atomic mass is 16.5. The third-order valence-electron chi connectivity index (χ3n) is 4.05. The number of aryl methyl sites for hydroxylation is 1. The van der Waals surface area contributed by atoms with Crippen LogP contribution in [0.4, 0.5) is 5.82 Å². The van der Waals surface area contributed by atoms with Crippen LogP contribution >= 0.6 is 0 Å². The Morgan fingerprint density at radius 3 is 2.85 bits per heavy atom. The molecule has 20 heavy (non-hydrogen) atoms. The number of ether oxygens (including phenoxy) is 2. The Morgan fingerprint density at radius 1 is 1.40 bits per heavy atom. The second-order valence-corrected chi connectivity index (χ2v) is 5.53. The van der Waals surface area contributed by atoms with Gasteiger partial charge in [0, 0.05) is 6.61 Å². The molecule has 1 aromatic heterocycles. The molecule has 0 bridgehead atoms. The van der Waals surface area contributed by atoms with Gasteiger partial charge in [0.1, 0.15) is 5.82 Å². The number of hydrogen-bond donors (Lipinski definition) is 1. The lowest BCUT2D eigenvalue weighted by molar-refractivity contribution is 0.0599. The van der Waals surface area contributed by atoms with Crippen LogP contribution in [0.15, 0.2) is 12.1 Å². The normalized spacial score (nSPS) is 25.5. The van der Waals surface area contributed by atoms with Crippen LogP contribution in [0.1, 0.15) is 35.3 Å². The lowest BCUT2D eigenvalue weighted by Crippen LogP contribution is -2.31. The Bertz CT molecular complexity index is 514. The van der Waals surface area contributed by atoms with Crippen molar-refractivity contribution in [2.45, 2.75) is 38.3 Å². The molecule has 1 saturated carbocycles. The Morgan fingerprint density at radius 2 is 2.20 bits per heavy atom. The number of hydrogen-bond acceptors (Lipinski definition) is 5. The Kier molecular flexibility index (Phi) is 3.61. The second-order valence-electron chi connectivity index (χ2n) is 5.53. The minimum atomic E-state index is -0.346. The number of rotatable bonds is 4. The first-order valence-electron chi connectivity index (χ1n) is 7.13. The quantitative estimate of drug-likeness (QED) is 0.854. The van der Waals surface area contributed by atoms with Crippen LogP contribution in [0.3, 0.4) is 0 Å². The molecule has 2 unspecified atom stereocenters. The minimum absolute atomic E-state index is 0.317. The van der Waals surface area contributed by atoms with Crippen molar-refractivity contribution in [2.24, 2.45) is 5.92 Å². The van der Waals surface area contributed by atoms with Crippen LogP contribution in [0, 0.1) is 12.8 Å². The molecule has 2 atom stereocenters. The summed E-state index contributed by atoms with van der Waals surface area (Å²) < 4.78 is 10.5. The van der Waals surface area contributed by atoms with Gasteiger partial charge in [-0.1, -0.05) is 0 Å². The summed E-state index contributed by atoms with van der Waals surface area (Å²) in [5, 5.41) is 3.45. The summed E-state index contributed by atoms with van der Waals surface area (Å²) >= 11 is 0. The van der Waals surface area contributed by atoms with E-state index in [2.05, 4.69) is 10.3 Å². The topological polar surface area (TPSA) is 60.5 Å². The van der Waals surface area contributed by atoms with Crippen molar-refractivity contribution in [1.82, 2.24) is 4.98 Å². The second kappa shape index (κ2) is 5.40. The van der Waals surface area contributed by atoms with Gasteiger partial charge in [0.2, 0.25) is 0 Å². The van der Waals surface area contributed by atoms with Crippen LogP contribution in [-0.2, 0) is 9.47 Å². The van der Waals surface area contributed by atoms with E-state index in [1.165, 1.54) is 20.0 Å². The van der Waals surface area contributed by atoms with Gasteiger partial charge >= 0.3 is 5.97 Å². The highest BCUT2D eigenvalue weighted by molar-refractivity contribution is 5.90. The first kappa shape index (κ1) is 13.4. The van der Waals surface area contributed by atoms with Gasteiger partial charge in [-0.15, -0.1) is 0 Å². The summed E-state index contributed by atoms with van der Waals surface area (Å²) in [5.74, 6) is 1.17. The average Bonchev–Trinajstić information content (AvgIpc) is 3.19. The van der Waals surface area contributed by atoms with Gasteiger partial charge in [0.15, 0.2) is 0 Å². The van der Waals surface area contributed by atoms with Crippen LogP contribution in [0.25, 0.3) is 0 Å². The van der Waals surface area contributed by atoms with E-state index in [0.717, 1.165) is 18.8 Å². The molecule has 0 radical (unpaired) electrons. The number of esters is 1. The van der Waals surface area contributed by atoms with Crippen molar-refractivity contribution in [3.8, 4) is 0 Å². The monoisotopic (exact) mass is 276 g/mol. The molecule has 0 aromatic carbocycles. The molecular weight excluding hydrogens is 256 g/mol. The first-order chi connectivity index (χ1) is 9.69. The molecule has 0 amide bonds. The fraction of sp³-hybridized carbons (Fsp3) is 0.600. The van der Waals surface area contributed by atoms with E-state index < -0.39 is 0 Å². The molecule has 2 fully saturated rings. The van der Waals surface area contributed by atoms with Crippen LogP contribution in [-0.4, -0.2) is 36.8 Å². The summed E-state index contributed by atoms with van der Waals surface area (Å²) in [6.07, 6.45) is 3.88. The maximum absolute atomic E-state index is 11.5. The van der Waals surface area contributed by atoms with E-state index in [9.17, 15) is 4.79 Å². The zero-order valence-corrected chi connectivity index (χ0v) is 11.9. The lowest BCUT2D eigenvalue weighted by atomic mass is 10.1. The van der Waals surface area contributed by atoms with Crippen LogP contribution in [0.5, 0.6) is 0 Å². The predicted molar refractivity (Wildman–Crippen MR) is 74.8 cm³/mol. The molecule has 3 rings (SSSR count). The number of anilines is 1. The largest absolute Gasteiger partial charge is 0.465 e. The van der Waals surface area contributed by atoms with Crippen molar-refractivity contribution in [3.05, 3.63) is 23.4 Å². The smallest absolute Gasteiger partial charge is 0.339 e. The number of carbonyl (C=O) groups is 1. The summed E-state index contributed by atoms with van der Waals surface area (Å²) in [6, 6.07) is 3.93. The molecule has 2 heterocycles. The average molecular weight is 276 g/mol. The van der Waals surface area contributed by atoms with E-state index in [-0.39, 0.29) is 5.97 Å². The van der Waals surface area contributed by atoms with Crippen molar-refractivity contribution in [3.63, 3.8) is 0 Å². The van der Waals surface area contributed by atoms with Crippen molar-refractivity contribution < 1.29 is 14.3 Å². The number of nitrogens with one attached hydrogen (secondary N) is 1. The summed E-state index contributed by atoms with van der Waals surface area (Å²) in [4.78, 5) is 16.0. The third-order valence-corrected chi connectivity index (χ3v) is 4.05. The van der Waals surface area contributed by atoms with E-state index in [1.54, 1.807) is 6.07 Å². The predicted octanol–water partition coefficient (Wildman–Crippen LogP) is 2.16. The highest BCUT2D eigenvalue weighted by Gasteiger charge is 2.40. The molecule has 0 spiro atoms. The number of methoxy groups -OCH3 is 1. The Hall–Kier alpha value is -1.62. The fourth-order valence-corrected chi connectivity index (χ4v) is 2.81. The standard InChI is InChI=1S/C15H20N2O3/c1-9-11(15(18)19-2)5-6-13(16-9)17-12-7-8-20-14(12)10-3-4-10/h5-6,10,12,14H,3-4,7-8H2,1-2H3,(H,16,17). The van der Waals surface area contributed by atoms with Crippen LogP contribution in [0.2, 0.25) is 0 Å². The summed E-state index contributed by atoms with van der Waals surface area (Å²) in [5.41, 5.74) is 1.20. The minimum Gasteiger partial charge on any atom is -0.465 e. The van der Waals surface area contributed by atoms with Gasteiger partial charge in [0.25, 0.3) is 0 Å². The zero-order chi connectivity index (χ0) is 14.1. The molecule has 1 saturated heterocycles. The van der Waals surface area contributed by atoms with E-state index in [0.29, 0.717) is 29.3 Å². The number of pyridine rings is 1. The van der Waals surface area contributed by atoms with Crippen molar-refractivity contribution >= 4 is 11.8 Å². The van der Waals surface area contributed by atoms with E-state index in [1.807, 2.05) is 13.0 Å². The molecule has 5 heteroatoms. The molecule has 1 aromatic rings. The maximum Gasteiger partial charge on any atom is 0.339 e. The Labute approximate surface area is 118 Å². The summed E-state index contributed by atoms with van der Waals surface area (Å²) in [6.45, 7) is 2.64. The molecule has 2 aliphatic rings. The van der Waals surface area contributed by atoms with E-state index >= 15 is 0 Å². The van der Waals surface area contributed by atoms with Gasteiger partial charge < -0.3 is 14.8 Å². The zero-order valence-electron chi connectivity index (χ0n) is 11.9. The molecule has 1 N–H and O–H groups in total. The van der Waals surface area contributed by atoms with Crippen molar-refractivity contribution in [2.75, 3.05) is 19.0 Å². The van der Waals surface area contributed by atoms with E-state index in [4.69, 9.17) is 9.47 Å². The fourth-order valence-electron chi connectivity index (χ4n) is 2.81. The van der Waals surface area contributed by atoms with Gasteiger partial charge in [-0.2, -0.15) is 0 Å². The maximum atomic E-state index is 11.5. The number of aromatic nitrogens is 1. The summed E-state index contributed by atoms with van der Waals surface area (Å²) in [7, 11) is 1.38. The molecule has 1 aliphatic heterocycles. The van der Waals surface area contributed by atoms with Crippen LogP contribution < -0.4 is 5.32 Å².